The number of hydrogen-bond donors (Lipinski definition) is 1. The highest BCUT2D eigenvalue weighted by atomic mass is 16.6. The van der Waals surface area contributed by atoms with Crippen molar-refractivity contribution in [3.63, 3.8) is 0 Å². The summed E-state index contributed by atoms with van der Waals surface area (Å²) in [5.41, 5.74) is 0.951. The van der Waals surface area contributed by atoms with E-state index in [1.807, 2.05) is 18.2 Å². The zero-order valence-corrected chi connectivity index (χ0v) is 15.9. The second-order valence-corrected chi connectivity index (χ2v) is 6.10. The van der Waals surface area contributed by atoms with Crippen LogP contribution in [0.4, 0.5) is 5.69 Å². The Kier molecular flexibility index (Phi) is 7.16. The van der Waals surface area contributed by atoms with E-state index in [1.165, 1.54) is 0 Å². The fraction of sp³-hybridized carbons (Fsp3) is 0.0870. The van der Waals surface area contributed by atoms with E-state index in [0.717, 1.165) is 0 Å². The Morgan fingerprint density at radius 3 is 2.23 bits per heavy atom. The molecule has 0 spiro atoms. The van der Waals surface area contributed by atoms with E-state index in [1.54, 1.807) is 60.7 Å². The van der Waals surface area contributed by atoms with Gasteiger partial charge in [-0.05, 0) is 48.5 Å². The van der Waals surface area contributed by atoms with Crippen molar-refractivity contribution in [1.29, 1.82) is 0 Å². The number of aldehydes is 1. The predicted molar refractivity (Wildman–Crippen MR) is 110 cm³/mol. The highest BCUT2D eigenvalue weighted by Crippen LogP contribution is 2.28. The summed E-state index contributed by atoms with van der Waals surface area (Å²) >= 11 is 0. The summed E-state index contributed by atoms with van der Waals surface area (Å²) in [5.74, 6) is 0.296. The number of benzene rings is 3. The van der Waals surface area contributed by atoms with E-state index in [-0.39, 0.29) is 6.61 Å². The Morgan fingerprint density at radius 2 is 1.50 bits per heavy atom. The van der Waals surface area contributed by atoms with Crippen LogP contribution in [-0.2, 0) is 14.3 Å². The van der Waals surface area contributed by atoms with E-state index in [2.05, 4.69) is 5.32 Å². The van der Waals surface area contributed by atoms with Gasteiger partial charge in [0.05, 0.1) is 5.69 Å². The van der Waals surface area contributed by atoms with Gasteiger partial charge in [-0.2, -0.15) is 0 Å². The van der Waals surface area contributed by atoms with E-state index in [0.29, 0.717) is 34.8 Å². The first-order chi connectivity index (χ1) is 14.6. The van der Waals surface area contributed by atoms with Gasteiger partial charge in [0.15, 0.2) is 19.0 Å². The normalized spacial score (nSPS) is 10.0. The molecule has 0 heterocycles. The minimum Gasteiger partial charge on any atom is -0.482 e. The summed E-state index contributed by atoms with van der Waals surface area (Å²) in [7, 11) is 0. The first-order valence-electron chi connectivity index (χ1n) is 9.09. The lowest BCUT2D eigenvalue weighted by molar-refractivity contribution is -0.149. The van der Waals surface area contributed by atoms with E-state index < -0.39 is 18.5 Å². The average Bonchev–Trinajstić information content (AvgIpc) is 2.78. The molecule has 0 aromatic heterocycles. The van der Waals surface area contributed by atoms with E-state index >= 15 is 0 Å². The van der Waals surface area contributed by atoms with Gasteiger partial charge in [0, 0.05) is 5.56 Å². The summed E-state index contributed by atoms with van der Waals surface area (Å²) in [5, 5.41) is 2.66. The molecule has 0 bridgehead atoms. The van der Waals surface area contributed by atoms with Crippen LogP contribution in [0.5, 0.6) is 17.2 Å². The van der Waals surface area contributed by atoms with Crippen molar-refractivity contribution in [2.45, 2.75) is 0 Å². The minimum atomic E-state index is -0.696. The molecule has 7 nitrogen and oxygen atoms in total. The number of carbonyl (C=O) groups is 3. The van der Waals surface area contributed by atoms with Crippen LogP contribution < -0.4 is 14.8 Å². The van der Waals surface area contributed by atoms with Crippen LogP contribution in [0.3, 0.4) is 0 Å². The topological polar surface area (TPSA) is 90.9 Å². The Labute approximate surface area is 173 Å². The van der Waals surface area contributed by atoms with Gasteiger partial charge in [-0.25, -0.2) is 4.79 Å². The van der Waals surface area contributed by atoms with Gasteiger partial charge in [-0.1, -0.05) is 30.3 Å². The van der Waals surface area contributed by atoms with Gasteiger partial charge in [-0.3, -0.25) is 9.59 Å². The van der Waals surface area contributed by atoms with E-state index in [9.17, 15) is 14.4 Å². The fourth-order valence-electron chi connectivity index (χ4n) is 2.43. The van der Waals surface area contributed by atoms with Crippen LogP contribution in [0.25, 0.3) is 0 Å². The summed E-state index contributed by atoms with van der Waals surface area (Å²) in [6, 6.07) is 22.4. The maximum atomic E-state index is 12.1. The first-order valence-corrected chi connectivity index (χ1v) is 9.09. The molecule has 7 heteroatoms. The molecule has 30 heavy (non-hydrogen) atoms. The van der Waals surface area contributed by atoms with Crippen LogP contribution in [0, 0.1) is 0 Å². The Morgan fingerprint density at radius 1 is 0.800 bits per heavy atom. The number of anilines is 1. The summed E-state index contributed by atoms with van der Waals surface area (Å²) in [6.45, 7) is -0.826. The molecule has 0 atom stereocenters. The highest BCUT2D eigenvalue weighted by molar-refractivity contribution is 5.94. The average molecular weight is 405 g/mol. The van der Waals surface area contributed by atoms with Gasteiger partial charge in [0.2, 0.25) is 0 Å². The van der Waals surface area contributed by atoms with Crippen LogP contribution in [-0.4, -0.2) is 31.4 Å². The lowest BCUT2D eigenvalue weighted by Gasteiger charge is -2.12. The molecule has 0 radical (unpaired) electrons. The zero-order valence-electron chi connectivity index (χ0n) is 15.9. The highest BCUT2D eigenvalue weighted by Gasteiger charge is 2.12. The van der Waals surface area contributed by atoms with Crippen LogP contribution >= 0.6 is 0 Å². The standard InChI is InChI=1S/C23H19NO6/c25-14-17-10-12-18(13-11-17)28-16-23(27)29-15-22(26)24-20-8-4-5-9-21(20)30-19-6-2-1-3-7-19/h1-14H,15-16H2,(H,24,26). The summed E-state index contributed by atoms with van der Waals surface area (Å²) in [6.07, 6.45) is 0.708. The Hall–Kier alpha value is -4.13. The smallest absolute Gasteiger partial charge is 0.344 e. The fourth-order valence-corrected chi connectivity index (χ4v) is 2.43. The molecule has 0 aliphatic rings. The molecule has 0 saturated carbocycles. The maximum absolute atomic E-state index is 12.1. The van der Waals surface area contributed by atoms with Crippen LogP contribution in [0.15, 0.2) is 78.9 Å². The summed E-state index contributed by atoms with van der Waals surface area (Å²) in [4.78, 5) is 34.6. The van der Waals surface area contributed by atoms with Crippen molar-refractivity contribution in [1.82, 2.24) is 0 Å². The lowest BCUT2D eigenvalue weighted by atomic mass is 10.2. The minimum absolute atomic E-state index is 0.360. The Balaban J connectivity index is 1.47. The van der Waals surface area contributed by atoms with Gasteiger partial charge < -0.3 is 19.5 Å². The van der Waals surface area contributed by atoms with Crippen molar-refractivity contribution < 1.29 is 28.6 Å². The molecule has 1 N–H and O–H groups in total. The number of esters is 1. The van der Waals surface area contributed by atoms with Crippen molar-refractivity contribution in [3.8, 4) is 17.2 Å². The number of amides is 1. The predicted octanol–water partition coefficient (Wildman–Crippen LogP) is 3.85. The van der Waals surface area contributed by atoms with Gasteiger partial charge >= 0.3 is 5.97 Å². The second-order valence-electron chi connectivity index (χ2n) is 6.10. The molecule has 0 aliphatic heterocycles. The molecular formula is C23H19NO6. The van der Waals surface area contributed by atoms with Crippen molar-refractivity contribution in [2.24, 2.45) is 0 Å². The molecule has 0 unspecified atom stereocenters. The SMILES string of the molecule is O=Cc1ccc(OCC(=O)OCC(=O)Nc2ccccc2Oc2ccccc2)cc1. The van der Waals surface area contributed by atoms with Gasteiger partial charge in [0.1, 0.15) is 17.8 Å². The quantitative estimate of drug-likeness (QED) is 0.430. The monoisotopic (exact) mass is 405 g/mol. The number of hydrogen-bond acceptors (Lipinski definition) is 6. The summed E-state index contributed by atoms with van der Waals surface area (Å²) < 4.78 is 16.0. The lowest BCUT2D eigenvalue weighted by Crippen LogP contribution is -2.23. The molecule has 152 valence electrons. The first kappa shape index (κ1) is 20.6. The van der Waals surface area contributed by atoms with Crippen molar-refractivity contribution in [2.75, 3.05) is 18.5 Å². The number of carbonyl (C=O) groups excluding carboxylic acids is 3. The van der Waals surface area contributed by atoms with Crippen LogP contribution in [0.2, 0.25) is 0 Å². The molecule has 3 aromatic carbocycles. The molecular weight excluding hydrogens is 386 g/mol. The third kappa shape index (κ3) is 6.20. The number of ether oxygens (including phenoxy) is 3. The van der Waals surface area contributed by atoms with Crippen LogP contribution in [0.1, 0.15) is 10.4 Å². The molecule has 3 aromatic rings. The largest absolute Gasteiger partial charge is 0.482 e. The number of rotatable bonds is 9. The van der Waals surface area contributed by atoms with Crippen molar-refractivity contribution >= 4 is 23.9 Å². The molecule has 0 aliphatic carbocycles. The molecule has 0 saturated heterocycles. The van der Waals surface area contributed by atoms with Crippen molar-refractivity contribution in [3.05, 3.63) is 84.4 Å². The third-order valence-corrected chi connectivity index (χ3v) is 3.87. The Bertz CT molecular complexity index is 1000. The maximum Gasteiger partial charge on any atom is 0.344 e. The second kappa shape index (κ2) is 10.4. The molecule has 3 rings (SSSR count). The number of nitrogens with one attached hydrogen (secondary N) is 1. The number of para-hydroxylation sites is 3. The van der Waals surface area contributed by atoms with Gasteiger partial charge in [-0.15, -0.1) is 0 Å². The third-order valence-electron chi connectivity index (χ3n) is 3.87. The zero-order chi connectivity index (χ0) is 21.2. The van der Waals surface area contributed by atoms with Gasteiger partial charge in [0.25, 0.3) is 5.91 Å². The molecule has 1 amide bonds. The van der Waals surface area contributed by atoms with E-state index in [4.69, 9.17) is 14.2 Å². The molecule has 0 fully saturated rings.